The fourth-order valence-corrected chi connectivity index (χ4v) is 1.60. The Hall–Kier alpha value is -1.82. The van der Waals surface area contributed by atoms with E-state index in [9.17, 15) is 9.18 Å². The van der Waals surface area contributed by atoms with Crippen molar-refractivity contribution in [1.82, 2.24) is 5.32 Å². The van der Waals surface area contributed by atoms with Gasteiger partial charge < -0.3 is 20.5 Å². The van der Waals surface area contributed by atoms with E-state index in [-0.39, 0.29) is 17.5 Å². The molecule has 1 aliphatic heterocycles. The number of anilines is 1. The van der Waals surface area contributed by atoms with Gasteiger partial charge in [0.1, 0.15) is 11.6 Å². The van der Waals surface area contributed by atoms with Gasteiger partial charge in [0.15, 0.2) is 0 Å². The molecule has 1 fully saturated rings. The molecule has 2 rings (SSSR count). The zero-order chi connectivity index (χ0) is 12.3. The van der Waals surface area contributed by atoms with Crippen LogP contribution in [0.5, 0.6) is 5.75 Å². The van der Waals surface area contributed by atoms with Crippen molar-refractivity contribution in [3.8, 4) is 5.75 Å². The number of phenolic OH excluding ortho intramolecular Hbond substituents is 1. The number of carbonyl (C=O) groups is 1. The van der Waals surface area contributed by atoms with Crippen LogP contribution >= 0.6 is 0 Å². The molecule has 1 aliphatic rings. The number of hydrogen-bond donors (Lipinski definition) is 3. The number of rotatable bonds is 2. The molecule has 1 unspecified atom stereocenters. The van der Waals surface area contributed by atoms with E-state index >= 15 is 0 Å². The summed E-state index contributed by atoms with van der Waals surface area (Å²) in [5.74, 6) is -0.861. The topological polar surface area (TPSA) is 70.6 Å². The minimum absolute atomic E-state index is 0.0271. The lowest BCUT2D eigenvalue weighted by Crippen LogP contribution is -2.38. The molecule has 0 saturated carbocycles. The summed E-state index contributed by atoms with van der Waals surface area (Å²) in [4.78, 5) is 11.5. The van der Waals surface area contributed by atoms with Crippen LogP contribution in [0.25, 0.3) is 0 Å². The molecule has 1 aromatic carbocycles. The summed E-state index contributed by atoms with van der Waals surface area (Å²) in [6.45, 7) is 1.10. The number of hydrogen-bond acceptors (Lipinski definition) is 3. The highest BCUT2D eigenvalue weighted by Crippen LogP contribution is 2.19. The molecule has 0 aromatic heterocycles. The highest BCUT2D eigenvalue weighted by atomic mass is 19.1. The summed E-state index contributed by atoms with van der Waals surface area (Å²) in [6, 6.07) is 3.03. The third-order valence-electron chi connectivity index (χ3n) is 2.47. The van der Waals surface area contributed by atoms with Gasteiger partial charge in [0.25, 0.3) is 0 Å². The monoisotopic (exact) mass is 240 g/mol. The predicted octanol–water partition coefficient (Wildman–Crippen LogP) is 1.44. The van der Waals surface area contributed by atoms with Crippen molar-refractivity contribution in [3.63, 3.8) is 0 Å². The summed E-state index contributed by atoms with van der Waals surface area (Å²) in [5.41, 5.74) is 0.0271. The average Bonchev–Trinajstić information content (AvgIpc) is 2.75. The molecule has 1 heterocycles. The van der Waals surface area contributed by atoms with Crippen LogP contribution in [-0.2, 0) is 4.74 Å². The minimum Gasteiger partial charge on any atom is -0.508 e. The van der Waals surface area contributed by atoms with Gasteiger partial charge in [-0.3, -0.25) is 0 Å². The van der Waals surface area contributed by atoms with Gasteiger partial charge in [0.2, 0.25) is 0 Å². The van der Waals surface area contributed by atoms with Gasteiger partial charge >= 0.3 is 6.03 Å². The average molecular weight is 240 g/mol. The van der Waals surface area contributed by atoms with Crippen LogP contribution in [0.3, 0.4) is 0 Å². The number of aromatic hydroxyl groups is 1. The summed E-state index contributed by atoms with van der Waals surface area (Å²) < 4.78 is 18.4. The maximum atomic E-state index is 13.3. The Kier molecular flexibility index (Phi) is 3.43. The largest absolute Gasteiger partial charge is 0.508 e. The Morgan fingerprint density at radius 1 is 1.53 bits per heavy atom. The Morgan fingerprint density at radius 3 is 3.00 bits per heavy atom. The Bertz CT molecular complexity index is 419. The van der Waals surface area contributed by atoms with Gasteiger partial charge in [-0.25, -0.2) is 9.18 Å². The van der Waals surface area contributed by atoms with Crippen LogP contribution in [0.2, 0.25) is 0 Å². The fraction of sp³-hybridized carbons (Fsp3) is 0.364. The number of urea groups is 1. The zero-order valence-corrected chi connectivity index (χ0v) is 9.07. The van der Waals surface area contributed by atoms with Crippen LogP contribution in [0.1, 0.15) is 6.42 Å². The van der Waals surface area contributed by atoms with E-state index in [1.165, 1.54) is 12.1 Å². The summed E-state index contributed by atoms with van der Waals surface area (Å²) >= 11 is 0. The van der Waals surface area contributed by atoms with Gasteiger partial charge in [0, 0.05) is 12.7 Å². The summed E-state index contributed by atoms with van der Waals surface area (Å²) in [5, 5.41) is 14.1. The lowest BCUT2D eigenvalue weighted by atomic mass is 10.2. The number of carbonyl (C=O) groups excluding carboxylic acids is 1. The number of halogens is 1. The Balaban J connectivity index is 1.93. The summed E-state index contributed by atoms with van der Waals surface area (Å²) in [6.07, 6.45) is 0.755. The molecule has 5 nitrogen and oxygen atoms in total. The molecule has 17 heavy (non-hydrogen) atoms. The molecule has 3 N–H and O–H groups in total. The van der Waals surface area contributed by atoms with Crippen LogP contribution in [0.15, 0.2) is 18.2 Å². The first kappa shape index (κ1) is 11.7. The van der Waals surface area contributed by atoms with Crippen molar-refractivity contribution in [3.05, 3.63) is 24.0 Å². The van der Waals surface area contributed by atoms with E-state index in [0.29, 0.717) is 13.2 Å². The second kappa shape index (κ2) is 5.01. The number of benzene rings is 1. The first-order valence-corrected chi connectivity index (χ1v) is 5.29. The molecule has 1 atom stereocenters. The minimum atomic E-state index is -0.678. The number of amides is 2. The highest BCUT2D eigenvalue weighted by molar-refractivity contribution is 5.89. The molecule has 1 saturated heterocycles. The molecule has 0 bridgehead atoms. The first-order chi connectivity index (χ1) is 8.15. The lowest BCUT2D eigenvalue weighted by Gasteiger charge is -2.12. The molecule has 6 heteroatoms. The summed E-state index contributed by atoms with van der Waals surface area (Å²) in [7, 11) is 0. The number of ether oxygens (including phenoxy) is 1. The van der Waals surface area contributed by atoms with E-state index in [0.717, 1.165) is 12.5 Å². The second-order valence-corrected chi connectivity index (χ2v) is 3.82. The van der Waals surface area contributed by atoms with Gasteiger partial charge in [-0.05, 0) is 18.6 Å². The Morgan fingerprint density at radius 2 is 2.35 bits per heavy atom. The SMILES string of the molecule is O=C(Nc1ccc(O)cc1F)NC1CCOC1. The third kappa shape index (κ3) is 3.07. The molecule has 2 amide bonds. The van der Waals surface area contributed by atoms with Gasteiger partial charge in [-0.2, -0.15) is 0 Å². The quantitative estimate of drug-likeness (QED) is 0.685. The molecular weight excluding hydrogens is 227 g/mol. The highest BCUT2D eigenvalue weighted by Gasteiger charge is 2.18. The molecular formula is C11H13FN2O3. The van der Waals surface area contributed by atoms with Crippen LogP contribution < -0.4 is 10.6 Å². The van der Waals surface area contributed by atoms with Crippen molar-refractivity contribution < 1.29 is 19.0 Å². The third-order valence-corrected chi connectivity index (χ3v) is 2.47. The smallest absolute Gasteiger partial charge is 0.319 e. The maximum Gasteiger partial charge on any atom is 0.319 e. The number of phenols is 1. The van der Waals surface area contributed by atoms with Crippen molar-refractivity contribution in [2.45, 2.75) is 12.5 Å². The zero-order valence-electron chi connectivity index (χ0n) is 9.07. The standard InChI is InChI=1S/C11H13FN2O3/c12-9-5-8(15)1-2-10(9)14-11(16)13-7-3-4-17-6-7/h1-2,5,7,15H,3-4,6H2,(H2,13,14,16). The van der Waals surface area contributed by atoms with E-state index in [1.54, 1.807) is 0 Å². The normalized spacial score (nSPS) is 19.0. The molecule has 0 aliphatic carbocycles. The van der Waals surface area contributed by atoms with Crippen LogP contribution in [0, 0.1) is 5.82 Å². The molecule has 92 valence electrons. The second-order valence-electron chi connectivity index (χ2n) is 3.82. The van der Waals surface area contributed by atoms with Crippen molar-refractivity contribution in [2.24, 2.45) is 0 Å². The van der Waals surface area contributed by atoms with Crippen LogP contribution in [-0.4, -0.2) is 30.4 Å². The lowest BCUT2D eigenvalue weighted by molar-refractivity contribution is 0.189. The van der Waals surface area contributed by atoms with E-state index in [4.69, 9.17) is 9.84 Å². The van der Waals surface area contributed by atoms with Crippen molar-refractivity contribution in [1.29, 1.82) is 0 Å². The van der Waals surface area contributed by atoms with Gasteiger partial charge in [-0.15, -0.1) is 0 Å². The predicted molar refractivity (Wildman–Crippen MR) is 59.4 cm³/mol. The van der Waals surface area contributed by atoms with E-state index in [1.807, 2.05) is 0 Å². The Labute approximate surface area is 97.6 Å². The first-order valence-electron chi connectivity index (χ1n) is 5.29. The van der Waals surface area contributed by atoms with Gasteiger partial charge in [-0.1, -0.05) is 0 Å². The van der Waals surface area contributed by atoms with E-state index in [2.05, 4.69) is 10.6 Å². The van der Waals surface area contributed by atoms with Crippen molar-refractivity contribution >= 4 is 11.7 Å². The molecule has 0 spiro atoms. The maximum absolute atomic E-state index is 13.3. The van der Waals surface area contributed by atoms with E-state index < -0.39 is 11.8 Å². The van der Waals surface area contributed by atoms with Gasteiger partial charge in [0.05, 0.1) is 18.3 Å². The molecule has 0 radical (unpaired) electrons. The van der Waals surface area contributed by atoms with Crippen LogP contribution in [0.4, 0.5) is 14.9 Å². The van der Waals surface area contributed by atoms with Crippen molar-refractivity contribution in [2.75, 3.05) is 18.5 Å². The molecule has 1 aromatic rings. The fourth-order valence-electron chi connectivity index (χ4n) is 1.60. The number of nitrogens with one attached hydrogen (secondary N) is 2.